The standard InChI is InChI=1S/C26H24FN3O7/c1-13-16-9-18-19(14-4-6-15(27)7-5-14)12-36-21(18)11-22(16)37-25(34)17(13)10-23(31)30-20(24(32)33)3-2-8-29-26(28)35/h4-7,9,11-12,20H,2-3,8,10H2,1H3,(H,30,31)(H,32,33)(H3,28,29,35)/t20-/m0/s1. The van der Waals surface area contributed by atoms with E-state index in [4.69, 9.17) is 14.6 Å². The number of aliphatic carboxylic acids is 1. The molecule has 0 aliphatic carbocycles. The number of urea groups is 1. The van der Waals surface area contributed by atoms with Gasteiger partial charge >= 0.3 is 17.6 Å². The Morgan fingerprint density at radius 1 is 1.11 bits per heavy atom. The maximum absolute atomic E-state index is 13.4. The first kappa shape index (κ1) is 25.4. The summed E-state index contributed by atoms with van der Waals surface area (Å²) >= 11 is 0. The minimum absolute atomic E-state index is 0.0529. The van der Waals surface area contributed by atoms with E-state index in [0.717, 1.165) is 11.1 Å². The van der Waals surface area contributed by atoms with Crippen LogP contribution in [0.4, 0.5) is 9.18 Å². The highest BCUT2D eigenvalue weighted by Crippen LogP contribution is 2.34. The Bertz CT molecular complexity index is 1560. The molecular formula is C26H24FN3O7. The molecule has 0 saturated heterocycles. The molecule has 0 aliphatic rings. The van der Waals surface area contributed by atoms with Crippen LogP contribution in [0.3, 0.4) is 0 Å². The summed E-state index contributed by atoms with van der Waals surface area (Å²) in [5.74, 6) is -2.28. The number of aryl methyl sites for hydroxylation is 1. The van der Waals surface area contributed by atoms with E-state index in [0.29, 0.717) is 21.9 Å². The summed E-state index contributed by atoms with van der Waals surface area (Å²) in [6.45, 7) is 1.83. The number of rotatable bonds is 9. The van der Waals surface area contributed by atoms with E-state index in [-0.39, 0.29) is 42.8 Å². The second-order valence-electron chi connectivity index (χ2n) is 8.56. The van der Waals surface area contributed by atoms with Crippen molar-refractivity contribution in [3.05, 3.63) is 70.0 Å². The lowest BCUT2D eigenvalue weighted by Gasteiger charge is -2.15. The van der Waals surface area contributed by atoms with Crippen LogP contribution in [0, 0.1) is 12.7 Å². The first-order chi connectivity index (χ1) is 17.6. The zero-order valence-electron chi connectivity index (χ0n) is 19.8. The summed E-state index contributed by atoms with van der Waals surface area (Å²) in [6.07, 6.45) is 1.47. The SMILES string of the molecule is Cc1c(CC(=O)N[C@@H](CCCNC(N)=O)C(=O)O)c(=O)oc2cc3occ(-c4ccc(F)cc4)c3cc12. The van der Waals surface area contributed by atoms with Gasteiger partial charge in [0, 0.05) is 28.9 Å². The van der Waals surface area contributed by atoms with Crippen molar-refractivity contribution >= 4 is 39.8 Å². The predicted octanol–water partition coefficient (Wildman–Crippen LogP) is 3.21. The minimum atomic E-state index is -1.25. The molecule has 0 unspecified atom stereocenters. The van der Waals surface area contributed by atoms with Crippen LogP contribution in [0.5, 0.6) is 0 Å². The normalized spacial score (nSPS) is 11.9. The Labute approximate surface area is 209 Å². The van der Waals surface area contributed by atoms with E-state index in [1.54, 1.807) is 31.2 Å². The van der Waals surface area contributed by atoms with Gasteiger partial charge in [-0.3, -0.25) is 4.79 Å². The van der Waals surface area contributed by atoms with Gasteiger partial charge in [-0.05, 0) is 49.1 Å². The number of primary amides is 1. The van der Waals surface area contributed by atoms with Gasteiger partial charge in [-0.1, -0.05) is 12.1 Å². The first-order valence-corrected chi connectivity index (χ1v) is 11.4. The highest BCUT2D eigenvalue weighted by Gasteiger charge is 2.22. The second-order valence-corrected chi connectivity index (χ2v) is 8.56. The van der Waals surface area contributed by atoms with Crippen molar-refractivity contribution in [1.82, 2.24) is 10.6 Å². The average Bonchev–Trinajstić information content (AvgIpc) is 3.25. The van der Waals surface area contributed by atoms with Crippen molar-refractivity contribution < 1.29 is 32.7 Å². The van der Waals surface area contributed by atoms with Crippen molar-refractivity contribution in [1.29, 1.82) is 0 Å². The average molecular weight is 509 g/mol. The van der Waals surface area contributed by atoms with Gasteiger partial charge in [0.25, 0.3) is 0 Å². The number of nitrogens with one attached hydrogen (secondary N) is 2. The van der Waals surface area contributed by atoms with Crippen LogP contribution in [0.1, 0.15) is 24.0 Å². The minimum Gasteiger partial charge on any atom is -0.480 e. The topological polar surface area (TPSA) is 165 Å². The smallest absolute Gasteiger partial charge is 0.340 e. The summed E-state index contributed by atoms with van der Waals surface area (Å²) in [7, 11) is 0. The van der Waals surface area contributed by atoms with Gasteiger partial charge in [-0.2, -0.15) is 0 Å². The molecule has 2 aromatic carbocycles. The molecule has 0 saturated carbocycles. The number of carbonyl (C=O) groups excluding carboxylic acids is 2. The molecule has 1 atom stereocenters. The van der Waals surface area contributed by atoms with Gasteiger partial charge in [0.05, 0.1) is 18.2 Å². The maximum atomic E-state index is 13.4. The van der Waals surface area contributed by atoms with E-state index < -0.39 is 29.6 Å². The molecule has 2 aromatic heterocycles. The van der Waals surface area contributed by atoms with Crippen LogP contribution in [-0.4, -0.2) is 35.6 Å². The van der Waals surface area contributed by atoms with Gasteiger partial charge in [0.2, 0.25) is 5.91 Å². The Morgan fingerprint density at radius 2 is 1.84 bits per heavy atom. The number of carbonyl (C=O) groups is 3. The molecule has 5 N–H and O–H groups in total. The molecular weight excluding hydrogens is 485 g/mol. The number of halogens is 1. The summed E-state index contributed by atoms with van der Waals surface area (Å²) in [4.78, 5) is 47.7. The molecule has 0 bridgehead atoms. The molecule has 0 aliphatic heterocycles. The van der Waals surface area contributed by atoms with Crippen LogP contribution < -0.4 is 22.0 Å². The Balaban J connectivity index is 1.60. The summed E-state index contributed by atoms with van der Waals surface area (Å²) in [5, 5.41) is 15.5. The number of furan rings is 1. The number of benzene rings is 2. The lowest BCUT2D eigenvalue weighted by atomic mass is 9.99. The molecule has 3 amide bonds. The predicted molar refractivity (Wildman–Crippen MR) is 132 cm³/mol. The van der Waals surface area contributed by atoms with Gasteiger partial charge < -0.3 is 30.3 Å². The van der Waals surface area contributed by atoms with Crippen LogP contribution in [0.15, 0.2) is 56.3 Å². The van der Waals surface area contributed by atoms with Gasteiger partial charge in [-0.15, -0.1) is 0 Å². The number of amides is 3. The van der Waals surface area contributed by atoms with Crippen molar-refractivity contribution in [2.45, 2.75) is 32.2 Å². The largest absolute Gasteiger partial charge is 0.480 e. The van der Waals surface area contributed by atoms with Crippen LogP contribution in [0.2, 0.25) is 0 Å². The van der Waals surface area contributed by atoms with Gasteiger partial charge in [-0.25, -0.2) is 18.8 Å². The Morgan fingerprint density at radius 3 is 2.51 bits per heavy atom. The highest BCUT2D eigenvalue weighted by molar-refractivity contribution is 6.02. The van der Waals surface area contributed by atoms with Gasteiger partial charge in [0.1, 0.15) is 23.0 Å². The summed E-state index contributed by atoms with van der Waals surface area (Å²) in [6, 6.07) is 7.35. The van der Waals surface area contributed by atoms with E-state index in [9.17, 15) is 28.7 Å². The first-order valence-electron chi connectivity index (χ1n) is 11.4. The Kier molecular flexibility index (Phi) is 7.23. The monoisotopic (exact) mass is 509 g/mol. The Hall–Kier alpha value is -4.67. The lowest BCUT2D eigenvalue weighted by molar-refractivity contribution is -0.141. The number of hydrogen-bond acceptors (Lipinski definition) is 6. The zero-order valence-corrected chi connectivity index (χ0v) is 19.8. The van der Waals surface area contributed by atoms with Crippen molar-refractivity contribution in [2.24, 2.45) is 5.73 Å². The number of carboxylic acid groups (broad SMARTS) is 1. The van der Waals surface area contributed by atoms with E-state index in [2.05, 4.69) is 10.6 Å². The summed E-state index contributed by atoms with van der Waals surface area (Å²) < 4.78 is 24.5. The molecule has 2 heterocycles. The third kappa shape index (κ3) is 5.61. The number of nitrogens with two attached hydrogens (primary N) is 1. The molecule has 10 nitrogen and oxygen atoms in total. The number of hydrogen-bond donors (Lipinski definition) is 4. The molecule has 11 heteroatoms. The maximum Gasteiger partial charge on any atom is 0.340 e. The fraction of sp³-hybridized carbons (Fsp3) is 0.231. The quantitative estimate of drug-likeness (QED) is 0.199. The van der Waals surface area contributed by atoms with E-state index in [1.807, 2.05) is 0 Å². The molecule has 0 fully saturated rings. The molecule has 0 radical (unpaired) electrons. The molecule has 0 spiro atoms. The molecule has 4 aromatic rings. The third-order valence-corrected chi connectivity index (χ3v) is 6.08. The summed E-state index contributed by atoms with van der Waals surface area (Å²) in [5.41, 5.74) is 7.05. The zero-order chi connectivity index (χ0) is 26.7. The molecule has 37 heavy (non-hydrogen) atoms. The molecule has 192 valence electrons. The van der Waals surface area contributed by atoms with Gasteiger partial charge in [0.15, 0.2) is 0 Å². The van der Waals surface area contributed by atoms with E-state index >= 15 is 0 Å². The van der Waals surface area contributed by atoms with E-state index in [1.165, 1.54) is 18.4 Å². The van der Waals surface area contributed by atoms with Crippen LogP contribution >= 0.6 is 0 Å². The fourth-order valence-corrected chi connectivity index (χ4v) is 4.15. The number of carboxylic acids is 1. The van der Waals surface area contributed by atoms with Crippen molar-refractivity contribution in [3.63, 3.8) is 0 Å². The van der Waals surface area contributed by atoms with Crippen LogP contribution in [0.25, 0.3) is 33.1 Å². The third-order valence-electron chi connectivity index (χ3n) is 6.08. The molecule has 4 rings (SSSR count). The number of fused-ring (bicyclic) bond motifs is 2. The van der Waals surface area contributed by atoms with Crippen molar-refractivity contribution in [3.8, 4) is 11.1 Å². The lowest BCUT2D eigenvalue weighted by Crippen LogP contribution is -2.42. The fourth-order valence-electron chi connectivity index (χ4n) is 4.15. The van der Waals surface area contributed by atoms with Crippen LogP contribution in [-0.2, 0) is 16.0 Å². The second kappa shape index (κ2) is 10.5. The highest BCUT2D eigenvalue weighted by atomic mass is 19.1. The van der Waals surface area contributed by atoms with Crippen molar-refractivity contribution in [2.75, 3.05) is 6.54 Å².